The smallest absolute Gasteiger partial charge is 0.475 e. The second-order valence-corrected chi connectivity index (χ2v) is 20.1. The van der Waals surface area contributed by atoms with E-state index in [0.29, 0.717) is 86.8 Å². The van der Waals surface area contributed by atoms with E-state index in [2.05, 4.69) is 41.0 Å². The number of piperazine rings is 1. The third-order valence-electron chi connectivity index (χ3n) is 12.8. The number of piperidine rings is 1. The normalized spacial score (nSPS) is 15.1. The number of carbonyl (C=O) groups excluding carboxylic acids is 5. The molecule has 2 fully saturated rings. The molecule has 95 heavy (non-hydrogen) atoms. The molecule has 2 atom stereocenters. The summed E-state index contributed by atoms with van der Waals surface area (Å²) < 4.78 is 159. The fourth-order valence-corrected chi connectivity index (χ4v) is 8.28. The number of hydrogen-bond donors (Lipinski definition) is 12. The molecule has 2 aromatic carbocycles. The van der Waals surface area contributed by atoms with Crippen molar-refractivity contribution in [3.05, 3.63) is 54.1 Å². The minimum Gasteiger partial charge on any atom is -0.475 e. The van der Waals surface area contributed by atoms with Gasteiger partial charge in [-0.1, -0.05) is 24.3 Å². The quantitative estimate of drug-likeness (QED) is 0.0355. The van der Waals surface area contributed by atoms with Gasteiger partial charge in [-0.3, -0.25) is 49.0 Å². The van der Waals surface area contributed by atoms with E-state index in [9.17, 15) is 89.8 Å². The van der Waals surface area contributed by atoms with E-state index in [1.165, 1.54) is 13.3 Å². The minimum absolute atomic E-state index is 0.00283. The molecule has 2 aromatic rings. The minimum atomic E-state index is -5.08. The standard InChI is InChI=1S/C43H66N12O5.5C2HF3O2/c1-31(56)49-42(60)36(13-6-7-19-44)51-41(59)35(14-8-20-48-43(45)46)47-21-25-53-28-26-52(27-29-53)22-9-10-32-17-23-54(24-18-32)30-39(57)55-37-15-4-2-11-33(37)40(58)50-34-12-3-5-16-38(34)55;5*3-2(4,5)1(6)7/h2-5,11-12,15-16,32,35-36,47H,6-10,13-14,17-30,44H2,1H3,(H,50,58)(H,51,59)(H4,45,46,48)(H,49,56,60);5*(H,6,7)/t35-,36-;;;;;/m0...../s1. The number of rotatable bonds is 21. The van der Waals surface area contributed by atoms with Gasteiger partial charge in [0.25, 0.3) is 5.91 Å². The van der Waals surface area contributed by atoms with Crippen molar-refractivity contribution in [2.24, 2.45) is 28.1 Å². The molecule has 538 valence electrons. The van der Waals surface area contributed by atoms with Gasteiger partial charge in [0.05, 0.1) is 35.2 Å². The summed E-state index contributed by atoms with van der Waals surface area (Å²) >= 11 is 0. The Morgan fingerprint density at radius 3 is 1.45 bits per heavy atom. The Labute approximate surface area is 530 Å². The Kier molecular flexibility index (Phi) is 37.5. The van der Waals surface area contributed by atoms with Crippen molar-refractivity contribution in [3.63, 3.8) is 0 Å². The molecule has 0 saturated carbocycles. The molecular weight excluding hydrogens is 1330 g/mol. The van der Waals surface area contributed by atoms with Gasteiger partial charge in [-0.2, -0.15) is 65.9 Å². The maximum Gasteiger partial charge on any atom is 0.490 e. The second-order valence-electron chi connectivity index (χ2n) is 20.1. The van der Waals surface area contributed by atoms with Gasteiger partial charge in [-0.25, -0.2) is 24.0 Å². The maximum absolute atomic E-state index is 13.9. The Morgan fingerprint density at radius 1 is 0.579 bits per heavy atom. The van der Waals surface area contributed by atoms with Crippen molar-refractivity contribution in [2.75, 3.05) is 88.8 Å². The molecule has 15 N–H and O–H groups in total. The van der Waals surface area contributed by atoms with E-state index in [1.54, 1.807) is 11.0 Å². The van der Waals surface area contributed by atoms with Gasteiger partial charge in [0.2, 0.25) is 23.6 Å². The number of aliphatic imine (C=N–C) groups is 1. The summed E-state index contributed by atoms with van der Waals surface area (Å²) in [5.41, 5.74) is 19.0. The average molecular weight is 1400 g/mol. The molecule has 3 aliphatic rings. The summed E-state index contributed by atoms with van der Waals surface area (Å²) in [5, 5.41) is 47.1. The van der Waals surface area contributed by atoms with Crippen LogP contribution < -0.4 is 43.4 Å². The first kappa shape index (κ1) is 86.4. The van der Waals surface area contributed by atoms with E-state index in [-0.39, 0.29) is 23.7 Å². The molecular formula is C53H71F15N12O15. The van der Waals surface area contributed by atoms with E-state index in [4.69, 9.17) is 66.7 Å². The van der Waals surface area contributed by atoms with Crippen LogP contribution in [0.25, 0.3) is 0 Å². The fraction of sp³-hybridized carbons (Fsp3) is 0.566. The highest BCUT2D eigenvalue weighted by Gasteiger charge is 2.41. The van der Waals surface area contributed by atoms with Gasteiger partial charge < -0.3 is 63.6 Å². The van der Waals surface area contributed by atoms with Gasteiger partial charge >= 0.3 is 60.7 Å². The number of para-hydroxylation sites is 3. The van der Waals surface area contributed by atoms with Gasteiger partial charge in [-0.05, 0) is 114 Å². The van der Waals surface area contributed by atoms with Crippen molar-refractivity contribution in [1.29, 1.82) is 0 Å². The number of halogens is 15. The highest BCUT2D eigenvalue weighted by atomic mass is 19.4. The third kappa shape index (κ3) is 36.6. The van der Waals surface area contributed by atoms with Crippen LogP contribution in [0, 0.1) is 5.92 Å². The van der Waals surface area contributed by atoms with Gasteiger partial charge in [0.15, 0.2) is 5.96 Å². The number of nitrogens with two attached hydrogens (primary N) is 3. The van der Waals surface area contributed by atoms with Crippen molar-refractivity contribution in [1.82, 2.24) is 30.7 Å². The van der Waals surface area contributed by atoms with E-state index in [0.717, 1.165) is 71.6 Å². The van der Waals surface area contributed by atoms with Crippen molar-refractivity contribution >= 4 is 82.4 Å². The number of anilines is 3. The number of alkyl halides is 15. The van der Waals surface area contributed by atoms with Gasteiger partial charge in [-0.15, -0.1) is 0 Å². The van der Waals surface area contributed by atoms with Crippen LogP contribution in [0.5, 0.6) is 0 Å². The Bertz CT molecular complexity index is 2710. The summed E-state index contributed by atoms with van der Waals surface area (Å²) in [6, 6.07) is 13.3. The topological polar surface area (TPSA) is 423 Å². The zero-order valence-corrected chi connectivity index (χ0v) is 50.2. The van der Waals surface area contributed by atoms with Crippen LogP contribution in [-0.2, 0) is 43.2 Å². The van der Waals surface area contributed by atoms with Gasteiger partial charge in [0, 0.05) is 52.7 Å². The molecule has 42 heteroatoms. The van der Waals surface area contributed by atoms with Crippen LogP contribution in [-0.4, -0.2) is 227 Å². The number of imide groups is 1. The van der Waals surface area contributed by atoms with E-state index >= 15 is 0 Å². The SMILES string of the molecule is CC(=O)NC(=O)[C@H](CCCCN)NC(=O)[C@H](CCCN=C(N)N)NCCN1CCN(CCCC2CCN(CC(=O)N3c4ccccc4NC(=O)c4ccccc43)CC2)CC1.O=C(O)C(F)(F)F.O=C(O)C(F)(F)F.O=C(O)C(F)(F)F.O=C(O)C(F)(F)F.O=C(O)C(F)(F)F. The molecule has 2 saturated heterocycles. The number of nitrogens with zero attached hydrogens (tertiary/aromatic N) is 5. The lowest BCUT2D eigenvalue weighted by molar-refractivity contribution is -0.193. The van der Waals surface area contributed by atoms with Crippen LogP contribution in [0.1, 0.15) is 75.1 Å². The van der Waals surface area contributed by atoms with Crippen LogP contribution in [0.3, 0.4) is 0 Å². The number of benzene rings is 2. The molecule has 5 amide bonds. The molecule has 0 aromatic heterocycles. The number of carbonyl (C=O) groups is 10. The van der Waals surface area contributed by atoms with Crippen molar-refractivity contribution in [3.8, 4) is 0 Å². The number of unbranched alkanes of at least 4 members (excludes halogenated alkanes) is 1. The number of amides is 5. The highest BCUT2D eigenvalue weighted by molar-refractivity contribution is 6.18. The lowest BCUT2D eigenvalue weighted by Gasteiger charge is -2.36. The first-order valence-corrected chi connectivity index (χ1v) is 27.8. The molecule has 5 rings (SSSR count). The number of nitrogens with one attached hydrogen (secondary N) is 4. The van der Waals surface area contributed by atoms with Crippen LogP contribution in [0.2, 0.25) is 0 Å². The van der Waals surface area contributed by atoms with Crippen LogP contribution >= 0.6 is 0 Å². The molecule has 0 spiro atoms. The molecule has 3 heterocycles. The molecule has 27 nitrogen and oxygen atoms in total. The lowest BCUT2D eigenvalue weighted by Crippen LogP contribution is -2.54. The Hall–Kier alpha value is -8.64. The summed E-state index contributed by atoms with van der Waals surface area (Å²) in [4.78, 5) is 122. The second kappa shape index (κ2) is 41.2. The number of carboxylic acid groups (broad SMARTS) is 5. The first-order chi connectivity index (χ1) is 43.7. The predicted molar refractivity (Wildman–Crippen MR) is 303 cm³/mol. The van der Waals surface area contributed by atoms with E-state index in [1.807, 2.05) is 42.5 Å². The summed E-state index contributed by atoms with van der Waals surface area (Å²) in [5.74, 6) is -14.7. The van der Waals surface area contributed by atoms with Gasteiger partial charge in [0.1, 0.15) is 6.04 Å². The molecule has 3 aliphatic heterocycles. The predicted octanol–water partition coefficient (Wildman–Crippen LogP) is 4.48. The van der Waals surface area contributed by atoms with Crippen molar-refractivity contribution in [2.45, 2.75) is 108 Å². The van der Waals surface area contributed by atoms with Crippen LogP contribution in [0.4, 0.5) is 82.9 Å². The summed E-state index contributed by atoms with van der Waals surface area (Å²) in [6.45, 7) is 10.5. The number of aliphatic carboxylic acids is 5. The zero-order valence-electron chi connectivity index (χ0n) is 50.2. The zero-order chi connectivity index (χ0) is 73.2. The highest BCUT2D eigenvalue weighted by Crippen LogP contribution is 2.38. The van der Waals surface area contributed by atoms with Crippen LogP contribution in [0.15, 0.2) is 53.5 Å². The number of likely N-dealkylation sites (tertiary alicyclic amines) is 1. The number of fused-ring (bicyclic) bond motifs is 2. The molecule has 0 radical (unpaired) electrons. The lowest BCUT2D eigenvalue weighted by atomic mass is 9.92. The average Bonchev–Trinajstić information content (AvgIpc) is 1.68. The number of guanidine groups is 1. The maximum atomic E-state index is 13.9. The Morgan fingerprint density at radius 2 is 1.01 bits per heavy atom. The van der Waals surface area contributed by atoms with Crippen molar-refractivity contribution < 1.29 is 139 Å². The molecule has 0 aliphatic carbocycles. The Balaban J connectivity index is 0.00000204. The fourth-order valence-electron chi connectivity index (χ4n) is 8.28. The molecule has 0 unspecified atom stereocenters. The molecule has 0 bridgehead atoms. The summed E-state index contributed by atoms with van der Waals surface area (Å²) in [7, 11) is 0. The summed E-state index contributed by atoms with van der Waals surface area (Å²) in [6.07, 6.45) is -18.2. The van der Waals surface area contributed by atoms with E-state index < -0.39 is 84.6 Å². The monoisotopic (exact) mass is 1400 g/mol. The third-order valence-corrected chi connectivity index (χ3v) is 12.8. The largest absolute Gasteiger partial charge is 0.490 e. The number of hydrogen-bond acceptors (Lipinski definition) is 16. The number of carboxylic acids is 5. The first-order valence-electron chi connectivity index (χ1n) is 27.8.